The van der Waals surface area contributed by atoms with Gasteiger partial charge in [-0.05, 0) is 49.4 Å². The molecule has 0 aliphatic heterocycles. The van der Waals surface area contributed by atoms with E-state index < -0.39 is 6.61 Å². The second-order valence-corrected chi connectivity index (χ2v) is 7.06. The van der Waals surface area contributed by atoms with Crippen molar-refractivity contribution < 1.29 is 18.3 Å². The number of nitrogens with zero attached hydrogens (tertiary/aromatic N) is 2. The van der Waals surface area contributed by atoms with Crippen LogP contribution in [-0.2, 0) is 0 Å². The van der Waals surface area contributed by atoms with Gasteiger partial charge in [-0.1, -0.05) is 36.4 Å². The molecule has 0 amide bonds. The molecule has 0 spiro atoms. The molecule has 4 nitrogen and oxygen atoms in total. The summed E-state index contributed by atoms with van der Waals surface area (Å²) in [6.07, 6.45) is 4.16. The highest BCUT2D eigenvalue weighted by Gasteiger charge is 2.23. The van der Waals surface area contributed by atoms with Gasteiger partial charge in [0.05, 0.1) is 18.3 Å². The number of benzene rings is 2. The van der Waals surface area contributed by atoms with Crippen molar-refractivity contribution in [2.24, 2.45) is 5.92 Å². The van der Waals surface area contributed by atoms with Crippen LogP contribution >= 0.6 is 0 Å². The SMILES string of the molecule is CC(c1ccc(OC(F)F)c(OCC2CC2)c1)n1ccc(-c2ccccc2)n1. The van der Waals surface area contributed by atoms with E-state index in [0.29, 0.717) is 18.3 Å². The number of alkyl halides is 2. The van der Waals surface area contributed by atoms with Crippen molar-refractivity contribution in [1.82, 2.24) is 9.78 Å². The van der Waals surface area contributed by atoms with Crippen molar-refractivity contribution >= 4 is 0 Å². The third kappa shape index (κ3) is 4.32. The smallest absolute Gasteiger partial charge is 0.387 e. The Bertz CT molecular complexity index is 923. The van der Waals surface area contributed by atoms with Gasteiger partial charge >= 0.3 is 6.61 Å². The lowest BCUT2D eigenvalue weighted by Gasteiger charge is -2.17. The van der Waals surface area contributed by atoms with Gasteiger partial charge in [0.15, 0.2) is 11.5 Å². The molecule has 1 aliphatic rings. The molecule has 1 fully saturated rings. The average molecular weight is 384 g/mol. The zero-order valence-corrected chi connectivity index (χ0v) is 15.6. The molecule has 1 atom stereocenters. The summed E-state index contributed by atoms with van der Waals surface area (Å²) in [6, 6.07) is 16.9. The van der Waals surface area contributed by atoms with Gasteiger partial charge in [0.2, 0.25) is 0 Å². The Kier molecular flexibility index (Phi) is 5.28. The van der Waals surface area contributed by atoms with Gasteiger partial charge in [-0.2, -0.15) is 13.9 Å². The molecule has 1 aromatic heterocycles. The van der Waals surface area contributed by atoms with Crippen LogP contribution in [0.25, 0.3) is 11.3 Å². The Hall–Kier alpha value is -2.89. The van der Waals surface area contributed by atoms with Gasteiger partial charge in [-0.3, -0.25) is 4.68 Å². The van der Waals surface area contributed by atoms with E-state index in [1.54, 1.807) is 18.2 Å². The van der Waals surface area contributed by atoms with E-state index >= 15 is 0 Å². The van der Waals surface area contributed by atoms with Crippen LogP contribution < -0.4 is 9.47 Å². The lowest BCUT2D eigenvalue weighted by molar-refractivity contribution is -0.0515. The number of hydrogen-bond donors (Lipinski definition) is 0. The lowest BCUT2D eigenvalue weighted by Crippen LogP contribution is -2.10. The van der Waals surface area contributed by atoms with Crippen molar-refractivity contribution in [3.8, 4) is 22.8 Å². The van der Waals surface area contributed by atoms with E-state index in [-0.39, 0.29) is 11.8 Å². The van der Waals surface area contributed by atoms with Gasteiger partial charge in [-0.15, -0.1) is 0 Å². The van der Waals surface area contributed by atoms with Crippen molar-refractivity contribution in [1.29, 1.82) is 0 Å². The maximum absolute atomic E-state index is 12.7. The van der Waals surface area contributed by atoms with Crippen molar-refractivity contribution in [2.45, 2.75) is 32.4 Å². The van der Waals surface area contributed by atoms with Gasteiger partial charge in [0, 0.05) is 11.8 Å². The molecule has 0 saturated heterocycles. The third-order valence-corrected chi connectivity index (χ3v) is 4.91. The summed E-state index contributed by atoms with van der Waals surface area (Å²) in [5.74, 6) is 0.934. The Balaban J connectivity index is 1.57. The summed E-state index contributed by atoms with van der Waals surface area (Å²) in [5, 5.41) is 4.67. The van der Waals surface area contributed by atoms with Gasteiger partial charge in [0.1, 0.15) is 0 Å². The Labute approximate surface area is 162 Å². The van der Waals surface area contributed by atoms with Gasteiger partial charge < -0.3 is 9.47 Å². The number of rotatable bonds is 8. The fourth-order valence-corrected chi connectivity index (χ4v) is 3.05. The maximum atomic E-state index is 12.7. The minimum Gasteiger partial charge on any atom is -0.489 e. The zero-order valence-electron chi connectivity index (χ0n) is 15.6. The van der Waals surface area contributed by atoms with Crippen LogP contribution in [0.3, 0.4) is 0 Å². The van der Waals surface area contributed by atoms with Gasteiger partial charge in [0.25, 0.3) is 0 Å². The first-order valence-corrected chi connectivity index (χ1v) is 9.42. The normalized spacial score (nSPS) is 14.9. The van der Waals surface area contributed by atoms with Crippen molar-refractivity contribution in [2.75, 3.05) is 6.61 Å². The van der Waals surface area contributed by atoms with Crippen molar-refractivity contribution in [3.63, 3.8) is 0 Å². The fraction of sp³-hybridized carbons (Fsp3) is 0.318. The summed E-state index contributed by atoms with van der Waals surface area (Å²) in [6.45, 7) is -0.349. The van der Waals surface area contributed by atoms with E-state index in [0.717, 1.165) is 29.7 Å². The number of ether oxygens (including phenoxy) is 2. The third-order valence-electron chi connectivity index (χ3n) is 4.91. The van der Waals surface area contributed by atoms with Crippen LogP contribution in [0.15, 0.2) is 60.8 Å². The van der Waals surface area contributed by atoms with Crippen LogP contribution in [0.2, 0.25) is 0 Å². The Morgan fingerprint density at radius 2 is 1.86 bits per heavy atom. The molecule has 1 unspecified atom stereocenters. The zero-order chi connectivity index (χ0) is 19.5. The van der Waals surface area contributed by atoms with E-state index in [1.807, 2.05) is 54.2 Å². The molecule has 28 heavy (non-hydrogen) atoms. The lowest BCUT2D eigenvalue weighted by atomic mass is 10.1. The number of aromatic nitrogens is 2. The molecule has 4 rings (SSSR count). The average Bonchev–Trinajstić information content (AvgIpc) is 3.40. The Morgan fingerprint density at radius 3 is 2.57 bits per heavy atom. The molecule has 1 aliphatic carbocycles. The van der Waals surface area contributed by atoms with Crippen LogP contribution in [-0.4, -0.2) is 23.0 Å². The van der Waals surface area contributed by atoms with Crippen LogP contribution in [0.4, 0.5) is 8.78 Å². The predicted octanol–water partition coefficient (Wildman–Crippen LogP) is 5.55. The minimum atomic E-state index is -2.88. The highest BCUT2D eigenvalue weighted by molar-refractivity contribution is 5.58. The minimum absolute atomic E-state index is 0.0667. The van der Waals surface area contributed by atoms with Crippen LogP contribution in [0.1, 0.15) is 31.4 Å². The second-order valence-electron chi connectivity index (χ2n) is 7.06. The standard InChI is InChI=1S/C22H22F2N2O2/c1-15(26-12-11-19(25-26)17-5-3-2-4-6-17)18-9-10-20(28-22(23)24)21(13-18)27-14-16-7-8-16/h2-6,9-13,15-16,22H,7-8,14H2,1H3. The molecule has 0 N–H and O–H groups in total. The molecule has 0 bridgehead atoms. The van der Waals surface area contributed by atoms with Crippen LogP contribution in [0.5, 0.6) is 11.5 Å². The highest BCUT2D eigenvalue weighted by atomic mass is 19.3. The highest BCUT2D eigenvalue weighted by Crippen LogP contribution is 2.36. The van der Waals surface area contributed by atoms with Crippen LogP contribution in [0, 0.1) is 5.92 Å². The molecular formula is C22H22F2N2O2. The number of hydrogen-bond acceptors (Lipinski definition) is 3. The van der Waals surface area contributed by atoms with E-state index in [1.165, 1.54) is 0 Å². The predicted molar refractivity (Wildman–Crippen MR) is 103 cm³/mol. The molecule has 3 aromatic rings. The summed E-state index contributed by atoms with van der Waals surface area (Å²) in [7, 11) is 0. The topological polar surface area (TPSA) is 36.3 Å². The fourth-order valence-electron chi connectivity index (χ4n) is 3.05. The molecule has 0 radical (unpaired) electrons. The maximum Gasteiger partial charge on any atom is 0.387 e. The monoisotopic (exact) mass is 384 g/mol. The quantitative estimate of drug-likeness (QED) is 0.511. The van der Waals surface area contributed by atoms with Crippen molar-refractivity contribution in [3.05, 3.63) is 66.4 Å². The first-order valence-electron chi connectivity index (χ1n) is 9.42. The second kappa shape index (κ2) is 8.00. The summed E-state index contributed by atoms with van der Waals surface area (Å²) < 4.78 is 37.7. The molecule has 6 heteroatoms. The first kappa shape index (κ1) is 18.5. The summed E-state index contributed by atoms with van der Waals surface area (Å²) in [5.41, 5.74) is 2.84. The molecular weight excluding hydrogens is 362 g/mol. The molecule has 1 heterocycles. The van der Waals surface area contributed by atoms with E-state index in [9.17, 15) is 8.78 Å². The first-order chi connectivity index (χ1) is 13.6. The molecule has 2 aromatic carbocycles. The molecule has 1 saturated carbocycles. The van der Waals surface area contributed by atoms with E-state index in [2.05, 4.69) is 9.84 Å². The van der Waals surface area contributed by atoms with Gasteiger partial charge in [-0.25, -0.2) is 0 Å². The Morgan fingerprint density at radius 1 is 1.07 bits per heavy atom. The summed E-state index contributed by atoms with van der Waals surface area (Å²) in [4.78, 5) is 0. The largest absolute Gasteiger partial charge is 0.489 e. The summed E-state index contributed by atoms with van der Waals surface area (Å²) >= 11 is 0. The molecule has 146 valence electrons. The number of halogens is 2. The van der Waals surface area contributed by atoms with E-state index in [4.69, 9.17) is 4.74 Å².